The molecule has 5 nitrogen and oxygen atoms in total. The molecule has 0 spiro atoms. The Morgan fingerprint density at radius 1 is 1.00 bits per heavy atom. The first kappa shape index (κ1) is 19.2. The average molecular weight is 385 g/mol. The van der Waals surface area contributed by atoms with Crippen LogP contribution in [0.2, 0.25) is 0 Å². The summed E-state index contributed by atoms with van der Waals surface area (Å²) in [5, 5.41) is 3.78. The molecule has 142 valence electrons. The van der Waals surface area contributed by atoms with Gasteiger partial charge in [0.15, 0.2) is 9.84 Å². The van der Waals surface area contributed by atoms with Gasteiger partial charge in [0.1, 0.15) is 0 Å². The van der Waals surface area contributed by atoms with Gasteiger partial charge in [-0.3, -0.25) is 4.79 Å². The van der Waals surface area contributed by atoms with E-state index in [4.69, 9.17) is 0 Å². The molecule has 1 N–H and O–H groups in total. The van der Waals surface area contributed by atoms with Crippen molar-refractivity contribution >= 4 is 26.6 Å². The zero-order valence-corrected chi connectivity index (χ0v) is 16.2. The lowest BCUT2D eigenvalue weighted by Crippen LogP contribution is -2.31. The molecule has 1 amide bonds. The Kier molecular flexibility index (Phi) is 5.96. The maximum atomic E-state index is 12.2. The zero-order chi connectivity index (χ0) is 19.3. The zero-order valence-electron chi connectivity index (χ0n) is 15.4. The Hall–Kier alpha value is -2.60. The molecule has 0 bridgehead atoms. The number of carbonyl (C=O) groups excluding carboxylic acids is 1. The molecule has 1 heterocycles. The first-order valence-corrected chi connectivity index (χ1v) is 10.8. The number of rotatable bonds is 8. The number of aromatic nitrogens is 1. The molecule has 0 saturated carbocycles. The minimum absolute atomic E-state index is 0.0406. The van der Waals surface area contributed by atoms with Crippen molar-refractivity contribution in [1.29, 1.82) is 0 Å². The molecule has 0 atom stereocenters. The van der Waals surface area contributed by atoms with Crippen LogP contribution in [0.1, 0.15) is 11.1 Å². The van der Waals surface area contributed by atoms with Crippen molar-refractivity contribution in [2.24, 2.45) is 7.05 Å². The molecule has 0 fully saturated rings. The van der Waals surface area contributed by atoms with Crippen LogP contribution in [0.5, 0.6) is 0 Å². The number of sulfone groups is 1. The number of nitrogens with one attached hydrogen (secondary N) is 1. The van der Waals surface area contributed by atoms with Crippen LogP contribution in [0.4, 0.5) is 0 Å². The SMILES string of the molecule is Cn1cc(CC(=O)NCCS(=O)(=O)CCc2ccccc2)c2ccccc21. The summed E-state index contributed by atoms with van der Waals surface area (Å²) in [7, 11) is -1.25. The maximum Gasteiger partial charge on any atom is 0.224 e. The molecule has 0 aliphatic carbocycles. The Balaban J connectivity index is 1.49. The molecule has 6 heteroatoms. The number of hydrogen-bond donors (Lipinski definition) is 1. The van der Waals surface area contributed by atoms with E-state index in [0.29, 0.717) is 6.42 Å². The number of nitrogens with zero attached hydrogens (tertiary/aromatic N) is 1. The predicted molar refractivity (Wildman–Crippen MR) is 108 cm³/mol. The first-order chi connectivity index (χ1) is 12.9. The molecular weight excluding hydrogens is 360 g/mol. The summed E-state index contributed by atoms with van der Waals surface area (Å²) >= 11 is 0. The molecule has 3 aromatic rings. The van der Waals surface area contributed by atoms with E-state index in [-0.39, 0.29) is 30.4 Å². The Bertz CT molecular complexity index is 1020. The van der Waals surface area contributed by atoms with Crippen molar-refractivity contribution in [3.8, 4) is 0 Å². The smallest absolute Gasteiger partial charge is 0.224 e. The Labute approximate surface area is 159 Å². The van der Waals surface area contributed by atoms with Crippen LogP contribution >= 0.6 is 0 Å². The van der Waals surface area contributed by atoms with Gasteiger partial charge in [-0.05, 0) is 23.6 Å². The van der Waals surface area contributed by atoms with Crippen LogP contribution in [0.25, 0.3) is 10.9 Å². The molecule has 0 unspecified atom stereocenters. The second kappa shape index (κ2) is 8.39. The maximum absolute atomic E-state index is 12.2. The molecule has 0 radical (unpaired) electrons. The standard InChI is InChI=1S/C21H24N2O3S/c1-23-16-18(19-9-5-6-10-20(19)23)15-21(24)22-12-14-27(25,26)13-11-17-7-3-2-4-8-17/h2-10,16H,11-15H2,1H3,(H,22,24). The van der Waals surface area contributed by atoms with Gasteiger partial charge in [0.2, 0.25) is 5.91 Å². The van der Waals surface area contributed by atoms with E-state index in [0.717, 1.165) is 22.0 Å². The van der Waals surface area contributed by atoms with Crippen molar-refractivity contribution in [3.63, 3.8) is 0 Å². The Morgan fingerprint density at radius 2 is 1.70 bits per heavy atom. The number of fused-ring (bicyclic) bond motifs is 1. The normalized spacial score (nSPS) is 11.6. The van der Waals surface area contributed by atoms with E-state index in [9.17, 15) is 13.2 Å². The molecule has 0 aliphatic heterocycles. The van der Waals surface area contributed by atoms with Gasteiger partial charge in [-0.15, -0.1) is 0 Å². The van der Waals surface area contributed by atoms with Crippen LogP contribution < -0.4 is 5.32 Å². The number of para-hydroxylation sites is 1. The summed E-state index contributed by atoms with van der Waals surface area (Å²) in [5.41, 5.74) is 3.02. The van der Waals surface area contributed by atoms with Gasteiger partial charge >= 0.3 is 0 Å². The number of hydrogen-bond acceptors (Lipinski definition) is 3. The van der Waals surface area contributed by atoms with E-state index in [1.807, 2.05) is 72.4 Å². The van der Waals surface area contributed by atoms with E-state index in [2.05, 4.69) is 5.32 Å². The topological polar surface area (TPSA) is 68.2 Å². The van der Waals surface area contributed by atoms with Gasteiger partial charge < -0.3 is 9.88 Å². The highest BCUT2D eigenvalue weighted by Gasteiger charge is 2.13. The second-order valence-corrected chi connectivity index (χ2v) is 9.00. The van der Waals surface area contributed by atoms with Gasteiger partial charge in [-0.25, -0.2) is 8.42 Å². The van der Waals surface area contributed by atoms with Gasteiger partial charge in [0, 0.05) is 30.7 Å². The van der Waals surface area contributed by atoms with Crippen molar-refractivity contribution in [1.82, 2.24) is 9.88 Å². The third-order valence-corrected chi connectivity index (χ3v) is 6.26. The summed E-state index contributed by atoms with van der Waals surface area (Å²) in [6, 6.07) is 17.5. The van der Waals surface area contributed by atoms with Crippen molar-refractivity contribution < 1.29 is 13.2 Å². The molecule has 27 heavy (non-hydrogen) atoms. The highest BCUT2D eigenvalue weighted by atomic mass is 32.2. The van der Waals surface area contributed by atoms with Crippen molar-refractivity contribution in [3.05, 3.63) is 71.9 Å². The first-order valence-electron chi connectivity index (χ1n) is 8.98. The largest absolute Gasteiger partial charge is 0.355 e. The third kappa shape index (κ3) is 5.20. The Morgan fingerprint density at radius 3 is 2.48 bits per heavy atom. The quantitative estimate of drug-likeness (QED) is 0.649. The van der Waals surface area contributed by atoms with E-state index in [1.165, 1.54) is 0 Å². The summed E-state index contributed by atoms with van der Waals surface area (Å²) in [6.07, 6.45) is 2.68. The van der Waals surface area contributed by atoms with Crippen molar-refractivity contribution in [2.75, 3.05) is 18.1 Å². The number of carbonyl (C=O) groups is 1. The second-order valence-electron chi connectivity index (χ2n) is 6.70. The van der Waals surface area contributed by atoms with Crippen LogP contribution in [0.3, 0.4) is 0 Å². The van der Waals surface area contributed by atoms with Crippen LogP contribution in [0.15, 0.2) is 60.8 Å². The van der Waals surface area contributed by atoms with Crippen LogP contribution in [0, 0.1) is 0 Å². The fourth-order valence-corrected chi connectivity index (χ4v) is 4.33. The molecule has 2 aromatic carbocycles. The van der Waals surface area contributed by atoms with Gasteiger partial charge in [0.25, 0.3) is 0 Å². The van der Waals surface area contributed by atoms with Crippen LogP contribution in [-0.2, 0) is 34.5 Å². The minimum Gasteiger partial charge on any atom is -0.355 e. The molecule has 0 saturated heterocycles. The molecule has 1 aromatic heterocycles. The molecular formula is C21H24N2O3S. The lowest BCUT2D eigenvalue weighted by atomic mass is 10.1. The summed E-state index contributed by atoms with van der Waals surface area (Å²) in [5.74, 6) is -0.110. The summed E-state index contributed by atoms with van der Waals surface area (Å²) in [4.78, 5) is 12.2. The third-order valence-electron chi connectivity index (χ3n) is 4.61. The lowest BCUT2D eigenvalue weighted by molar-refractivity contribution is -0.120. The van der Waals surface area contributed by atoms with Gasteiger partial charge in [-0.1, -0.05) is 48.5 Å². The number of amides is 1. The highest BCUT2D eigenvalue weighted by molar-refractivity contribution is 7.91. The van der Waals surface area contributed by atoms with Crippen molar-refractivity contribution in [2.45, 2.75) is 12.8 Å². The monoisotopic (exact) mass is 384 g/mol. The van der Waals surface area contributed by atoms with E-state index in [1.54, 1.807) is 0 Å². The summed E-state index contributed by atoms with van der Waals surface area (Å²) < 4.78 is 26.3. The van der Waals surface area contributed by atoms with Gasteiger partial charge in [-0.2, -0.15) is 0 Å². The van der Waals surface area contributed by atoms with E-state index >= 15 is 0 Å². The fourth-order valence-electron chi connectivity index (χ4n) is 3.17. The van der Waals surface area contributed by atoms with E-state index < -0.39 is 9.84 Å². The lowest BCUT2D eigenvalue weighted by Gasteiger charge is -2.07. The fraction of sp³-hybridized carbons (Fsp3) is 0.286. The summed E-state index contributed by atoms with van der Waals surface area (Å²) in [6.45, 7) is 0.140. The number of aryl methyl sites for hydroxylation is 2. The molecule has 3 rings (SSSR count). The highest BCUT2D eigenvalue weighted by Crippen LogP contribution is 2.20. The molecule has 0 aliphatic rings. The van der Waals surface area contributed by atoms with Gasteiger partial charge in [0.05, 0.1) is 17.9 Å². The minimum atomic E-state index is -3.20. The predicted octanol–water partition coefficient (Wildman–Crippen LogP) is 2.49. The average Bonchev–Trinajstić information content (AvgIpc) is 2.97. The van der Waals surface area contributed by atoms with Crippen LogP contribution in [-0.4, -0.2) is 36.9 Å². The number of benzene rings is 2.